The van der Waals surface area contributed by atoms with Gasteiger partial charge in [0.1, 0.15) is 5.00 Å². The van der Waals surface area contributed by atoms with Gasteiger partial charge in [-0.25, -0.2) is 0 Å². The van der Waals surface area contributed by atoms with Crippen molar-refractivity contribution >= 4 is 51.5 Å². The third-order valence-electron chi connectivity index (χ3n) is 4.75. The molecule has 27 heavy (non-hydrogen) atoms. The molecule has 1 unspecified atom stereocenters. The summed E-state index contributed by atoms with van der Waals surface area (Å²) < 4.78 is 0. The number of rotatable bonds is 5. The lowest BCUT2D eigenvalue weighted by Gasteiger charge is -2.17. The van der Waals surface area contributed by atoms with Crippen molar-refractivity contribution in [3.63, 3.8) is 0 Å². The molecule has 1 saturated heterocycles. The van der Waals surface area contributed by atoms with Gasteiger partial charge >= 0.3 is 0 Å². The molecule has 1 atom stereocenters. The van der Waals surface area contributed by atoms with Crippen LogP contribution in [0.1, 0.15) is 27.2 Å². The molecule has 1 aliphatic rings. The van der Waals surface area contributed by atoms with Gasteiger partial charge < -0.3 is 16.0 Å². The van der Waals surface area contributed by atoms with E-state index in [0.29, 0.717) is 17.1 Å². The van der Waals surface area contributed by atoms with Crippen molar-refractivity contribution in [3.05, 3.63) is 40.3 Å². The first-order valence-electron chi connectivity index (χ1n) is 8.47. The highest BCUT2D eigenvalue weighted by Crippen LogP contribution is 2.33. The highest BCUT2D eigenvalue weighted by Gasteiger charge is 2.35. The van der Waals surface area contributed by atoms with E-state index in [9.17, 15) is 14.4 Å². The molecule has 8 heteroatoms. The second kappa shape index (κ2) is 7.74. The van der Waals surface area contributed by atoms with Gasteiger partial charge in [-0.1, -0.05) is 0 Å². The Morgan fingerprint density at radius 1 is 1.26 bits per heavy atom. The molecular formula is C19H21N3O3S2. The molecule has 3 rings (SSSR count). The van der Waals surface area contributed by atoms with E-state index in [1.807, 2.05) is 37.4 Å². The first kappa shape index (κ1) is 19.4. The third kappa shape index (κ3) is 3.86. The normalized spacial score (nSPS) is 16.6. The van der Waals surface area contributed by atoms with Crippen molar-refractivity contribution in [1.82, 2.24) is 0 Å². The molecule has 142 valence electrons. The van der Waals surface area contributed by atoms with Gasteiger partial charge in [-0.15, -0.1) is 23.1 Å². The van der Waals surface area contributed by atoms with Crippen LogP contribution in [0.25, 0.3) is 0 Å². The van der Waals surface area contributed by atoms with Gasteiger partial charge in [0.15, 0.2) is 0 Å². The Bertz CT molecular complexity index is 906. The van der Waals surface area contributed by atoms with Crippen LogP contribution in [-0.4, -0.2) is 30.5 Å². The maximum absolute atomic E-state index is 12.7. The van der Waals surface area contributed by atoms with Crippen LogP contribution >= 0.6 is 23.1 Å². The predicted octanol–water partition coefficient (Wildman–Crippen LogP) is 3.18. The fraction of sp³-hybridized carbons (Fsp3) is 0.316. The molecule has 2 heterocycles. The fourth-order valence-corrected chi connectivity index (χ4v) is 4.60. The lowest BCUT2D eigenvalue weighted by Crippen LogP contribution is -2.28. The van der Waals surface area contributed by atoms with Crippen LogP contribution in [-0.2, 0) is 9.59 Å². The molecule has 2 aromatic rings. The topological polar surface area (TPSA) is 92.5 Å². The number of hydrogen-bond donors (Lipinski definition) is 2. The van der Waals surface area contributed by atoms with E-state index in [0.717, 1.165) is 21.0 Å². The maximum atomic E-state index is 12.7. The van der Waals surface area contributed by atoms with Gasteiger partial charge in [0.05, 0.1) is 11.5 Å². The minimum Gasteiger partial charge on any atom is -0.365 e. The van der Waals surface area contributed by atoms with Crippen LogP contribution in [0.15, 0.2) is 29.2 Å². The monoisotopic (exact) mass is 403 g/mol. The summed E-state index contributed by atoms with van der Waals surface area (Å²) in [6.45, 7) is 4.00. The Hall–Kier alpha value is -2.32. The van der Waals surface area contributed by atoms with Crippen molar-refractivity contribution in [2.24, 2.45) is 11.7 Å². The van der Waals surface area contributed by atoms with E-state index in [1.54, 1.807) is 23.6 Å². The molecule has 1 aromatic heterocycles. The number of amides is 3. The van der Waals surface area contributed by atoms with Crippen molar-refractivity contribution in [1.29, 1.82) is 0 Å². The van der Waals surface area contributed by atoms with Gasteiger partial charge in [0, 0.05) is 28.4 Å². The summed E-state index contributed by atoms with van der Waals surface area (Å²) in [6.07, 6.45) is 2.14. The quantitative estimate of drug-likeness (QED) is 0.750. The zero-order valence-electron chi connectivity index (χ0n) is 15.4. The molecule has 6 nitrogen and oxygen atoms in total. The third-order valence-corrected chi connectivity index (χ3v) is 6.61. The number of thiophene rings is 1. The minimum absolute atomic E-state index is 0.0827. The van der Waals surface area contributed by atoms with Crippen LogP contribution in [0.3, 0.4) is 0 Å². The number of carbonyl (C=O) groups excluding carboxylic acids is 3. The number of aryl methyl sites for hydroxylation is 1. The number of anilines is 2. The Morgan fingerprint density at radius 2 is 1.93 bits per heavy atom. The molecule has 1 fully saturated rings. The van der Waals surface area contributed by atoms with Crippen molar-refractivity contribution in [3.8, 4) is 0 Å². The fourth-order valence-electron chi connectivity index (χ4n) is 3.12. The minimum atomic E-state index is -0.565. The van der Waals surface area contributed by atoms with Gasteiger partial charge in [0.25, 0.3) is 5.91 Å². The second-order valence-electron chi connectivity index (χ2n) is 6.44. The molecule has 0 spiro atoms. The molecule has 0 saturated carbocycles. The van der Waals surface area contributed by atoms with E-state index in [2.05, 4.69) is 5.32 Å². The predicted molar refractivity (Wildman–Crippen MR) is 110 cm³/mol. The molecule has 1 aromatic carbocycles. The van der Waals surface area contributed by atoms with Crippen LogP contribution in [0.5, 0.6) is 0 Å². The summed E-state index contributed by atoms with van der Waals surface area (Å²) in [6, 6.07) is 7.69. The standard InChI is InChI=1S/C19H21N3O3S2/c1-10-11(2)27-19(16(10)17(20)24)21-18(25)12-8-15(23)22(9-12)13-4-6-14(26-3)7-5-13/h4-7,12H,8-9H2,1-3H3,(H2,20,24)(H,21,25). The Kier molecular flexibility index (Phi) is 5.57. The molecule has 0 bridgehead atoms. The van der Waals surface area contributed by atoms with Crippen LogP contribution in [0.4, 0.5) is 10.7 Å². The van der Waals surface area contributed by atoms with Crippen molar-refractivity contribution < 1.29 is 14.4 Å². The van der Waals surface area contributed by atoms with E-state index in [1.165, 1.54) is 11.3 Å². The van der Waals surface area contributed by atoms with Crippen molar-refractivity contribution in [2.45, 2.75) is 25.2 Å². The zero-order valence-corrected chi connectivity index (χ0v) is 17.0. The largest absolute Gasteiger partial charge is 0.365 e. The average molecular weight is 404 g/mol. The van der Waals surface area contributed by atoms with Gasteiger partial charge in [-0.3, -0.25) is 14.4 Å². The van der Waals surface area contributed by atoms with Crippen LogP contribution < -0.4 is 16.0 Å². The Balaban J connectivity index is 1.74. The summed E-state index contributed by atoms with van der Waals surface area (Å²) in [5.74, 6) is -1.39. The van der Waals surface area contributed by atoms with Gasteiger partial charge in [0.2, 0.25) is 11.8 Å². The second-order valence-corrected chi connectivity index (χ2v) is 8.55. The van der Waals surface area contributed by atoms with Crippen LogP contribution in [0, 0.1) is 19.8 Å². The zero-order chi connectivity index (χ0) is 19.7. The number of hydrogen-bond acceptors (Lipinski definition) is 5. The number of nitrogens with one attached hydrogen (secondary N) is 1. The number of carbonyl (C=O) groups is 3. The molecular weight excluding hydrogens is 382 g/mol. The average Bonchev–Trinajstić information content (AvgIpc) is 3.15. The molecule has 0 aliphatic carbocycles. The summed E-state index contributed by atoms with van der Waals surface area (Å²) in [5, 5.41) is 3.26. The Morgan fingerprint density at radius 3 is 2.52 bits per heavy atom. The SMILES string of the molecule is CSc1ccc(N2CC(C(=O)Nc3sc(C)c(C)c3C(N)=O)CC2=O)cc1. The first-order valence-corrected chi connectivity index (χ1v) is 10.5. The van der Waals surface area contributed by atoms with E-state index >= 15 is 0 Å². The molecule has 3 amide bonds. The number of thioether (sulfide) groups is 1. The smallest absolute Gasteiger partial charge is 0.251 e. The summed E-state index contributed by atoms with van der Waals surface area (Å²) >= 11 is 2.95. The summed E-state index contributed by atoms with van der Waals surface area (Å²) in [5.41, 5.74) is 7.37. The summed E-state index contributed by atoms with van der Waals surface area (Å²) in [4.78, 5) is 40.5. The van der Waals surface area contributed by atoms with Crippen LogP contribution in [0.2, 0.25) is 0 Å². The number of primary amides is 1. The van der Waals surface area contributed by atoms with E-state index in [-0.39, 0.29) is 18.2 Å². The molecule has 0 radical (unpaired) electrons. The molecule has 1 aliphatic heterocycles. The number of nitrogens with two attached hydrogens (primary N) is 1. The van der Waals surface area contributed by atoms with E-state index < -0.39 is 11.8 Å². The lowest BCUT2D eigenvalue weighted by atomic mass is 10.1. The molecule has 3 N–H and O–H groups in total. The van der Waals surface area contributed by atoms with E-state index in [4.69, 9.17) is 5.73 Å². The first-order chi connectivity index (χ1) is 12.8. The highest BCUT2D eigenvalue weighted by molar-refractivity contribution is 7.98. The van der Waals surface area contributed by atoms with Gasteiger partial charge in [-0.05, 0) is 49.9 Å². The number of benzene rings is 1. The Labute approximate surface area is 166 Å². The van der Waals surface area contributed by atoms with Crippen molar-refractivity contribution in [2.75, 3.05) is 23.0 Å². The highest BCUT2D eigenvalue weighted by atomic mass is 32.2. The van der Waals surface area contributed by atoms with Gasteiger partial charge in [-0.2, -0.15) is 0 Å². The maximum Gasteiger partial charge on any atom is 0.251 e. The number of nitrogens with zero attached hydrogens (tertiary/aromatic N) is 1. The lowest BCUT2D eigenvalue weighted by molar-refractivity contribution is -0.122. The summed E-state index contributed by atoms with van der Waals surface area (Å²) in [7, 11) is 0.